The van der Waals surface area contributed by atoms with E-state index in [1.807, 2.05) is 17.0 Å². The fraction of sp³-hybridized carbons (Fsp3) is 0.500. The van der Waals surface area contributed by atoms with Gasteiger partial charge in [0.2, 0.25) is 11.8 Å². The van der Waals surface area contributed by atoms with Crippen LogP contribution in [-0.4, -0.2) is 58.3 Å². The smallest absolute Gasteiger partial charge is 0.228 e. The Morgan fingerprint density at radius 3 is 3.00 bits per heavy atom. The van der Waals surface area contributed by atoms with E-state index in [9.17, 15) is 9.59 Å². The van der Waals surface area contributed by atoms with Gasteiger partial charge in [0.15, 0.2) is 0 Å². The van der Waals surface area contributed by atoms with Gasteiger partial charge in [0.1, 0.15) is 5.65 Å². The summed E-state index contributed by atoms with van der Waals surface area (Å²) in [6.45, 7) is 2.07. The van der Waals surface area contributed by atoms with Crippen LogP contribution >= 0.6 is 0 Å². The van der Waals surface area contributed by atoms with Gasteiger partial charge in [0.05, 0.1) is 5.92 Å². The SMILES string of the molecule is CN1CC(C(=O)N2CCCC(c3cc4cccnc4[nH]3)C2)CC1=O. The molecule has 1 N–H and O–H groups in total. The van der Waals surface area contributed by atoms with E-state index in [1.54, 1.807) is 18.1 Å². The number of H-pyrrole nitrogens is 1. The zero-order valence-corrected chi connectivity index (χ0v) is 13.9. The normalized spacial score (nSPS) is 24.8. The topological polar surface area (TPSA) is 69.3 Å². The first-order chi connectivity index (χ1) is 11.6. The quantitative estimate of drug-likeness (QED) is 0.914. The zero-order valence-electron chi connectivity index (χ0n) is 13.9. The lowest BCUT2D eigenvalue weighted by atomic mass is 9.93. The van der Waals surface area contributed by atoms with E-state index in [0.29, 0.717) is 18.9 Å². The number of hydrogen-bond donors (Lipinski definition) is 1. The average Bonchev–Trinajstić information content (AvgIpc) is 3.18. The molecule has 6 heteroatoms. The van der Waals surface area contributed by atoms with Crippen LogP contribution in [0.2, 0.25) is 0 Å². The van der Waals surface area contributed by atoms with E-state index in [4.69, 9.17) is 0 Å². The number of carbonyl (C=O) groups is 2. The van der Waals surface area contributed by atoms with Crippen molar-refractivity contribution in [2.45, 2.75) is 25.2 Å². The van der Waals surface area contributed by atoms with Gasteiger partial charge in [0.25, 0.3) is 0 Å². The fourth-order valence-electron chi connectivity index (χ4n) is 3.92. The van der Waals surface area contributed by atoms with Crippen molar-refractivity contribution >= 4 is 22.8 Å². The minimum Gasteiger partial charge on any atom is -0.345 e. The van der Waals surface area contributed by atoms with E-state index in [1.165, 1.54) is 0 Å². The van der Waals surface area contributed by atoms with Crippen molar-refractivity contribution in [3.63, 3.8) is 0 Å². The number of piperidine rings is 1. The highest BCUT2D eigenvalue weighted by molar-refractivity contribution is 5.89. The lowest BCUT2D eigenvalue weighted by Gasteiger charge is -2.33. The molecule has 0 aliphatic carbocycles. The Morgan fingerprint density at radius 2 is 2.25 bits per heavy atom. The van der Waals surface area contributed by atoms with Crippen LogP contribution in [0.15, 0.2) is 24.4 Å². The van der Waals surface area contributed by atoms with Gasteiger partial charge in [-0.15, -0.1) is 0 Å². The number of hydrogen-bond acceptors (Lipinski definition) is 3. The van der Waals surface area contributed by atoms with E-state index in [2.05, 4.69) is 16.0 Å². The fourth-order valence-corrected chi connectivity index (χ4v) is 3.92. The Labute approximate surface area is 140 Å². The molecule has 2 aromatic heterocycles. The van der Waals surface area contributed by atoms with Gasteiger partial charge in [-0.25, -0.2) is 4.98 Å². The first-order valence-corrected chi connectivity index (χ1v) is 8.58. The highest BCUT2D eigenvalue weighted by atomic mass is 16.2. The highest BCUT2D eigenvalue weighted by Gasteiger charge is 2.36. The van der Waals surface area contributed by atoms with Crippen molar-refractivity contribution in [1.82, 2.24) is 19.8 Å². The molecular weight excluding hydrogens is 304 g/mol. The summed E-state index contributed by atoms with van der Waals surface area (Å²) in [7, 11) is 1.77. The number of aromatic nitrogens is 2. The molecular formula is C18H22N4O2. The van der Waals surface area contributed by atoms with Gasteiger partial charge in [-0.1, -0.05) is 0 Å². The summed E-state index contributed by atoms with van der Waals surface area (Å²) in [5, 5.41) is 1.11. The number of fused-ring (bicyclic) bond motifs is 1. The van der Waals surface area contributed by atoms with Crippen LogP contribution in [0, 0.1) is 5.92 Å². The molecule has 2 unspecified atom stereocenters. The second-order valence-electron chi connectivity index (χ2n) is 6.96. The predicted molar refractivity (Wildman–Crippen MR) is 90.4 cm³/mol. The Kier molecular flexibility index (Phi) is 3.75. The van der Waals surface area contributed by atoms with Gasteiger partial charge < -0.3 is 14.8 Å². The Morgan fingerprint density at radius 1 is 1.38 bits per heavy atom. The molecule has 2 saturated heterocycles. The average molecular weight is 326 g/mol. The van der Waals surface area contributed by atoms with Gasteiger partial charge in [0, 0.05) is 56.3 Å². The van der Waals surface area contributed by atoms with Crippen LogP contribution in [-0.2, 0) is 9.59 Å². The number of carbonyl (C=O) groups excluding carboxylic acids is 2. The summed E-state index contributed by atoms with van der Waals surface area (Å²) in [5.74, 6) is 0.340. The molecule has 0 saturated carbocycles. The van der Waals surface area contributed by atoms with E-state index in [0.717, 1.165) is 42.7 Å². The summed E-state index contributed by atoms with van der Waals surface area (Å²) in [6, 6.07) is 6.13. The third-order valence-electron chi connectivity index (χ3n) is 5.28. The van der Waals surface area contributed by atoms with Crippen molar-refractivity contribution in [2.75, 3.05) is 26.7 Å². The molecule has 0 radical (unpaired) electrons. The predicted octanol–water partition coefficient (Wildman–Crippen LogP) is 1.75. The number of rotatable bonds is 2. The number of nitrogens with zero attached hydrogens (tertiary/aromatic N) is 3. The van der Waals surface area contributed by atoms with Crippen molar-refractivity contribution in [3.05, 3.63) is 30.1 Å². The molecule has 24 heavy (non-hydrogen) atoms. The number of nitrogens with one attached hydrogen (secondary N) is 1. The van der Waals surface area contributed by atoms with Crippen LogP contribution in [0.5, 0.6) is 0 Å². The maximum absolute atomic E-state index is 12.8. The summed E-state index contributed by atoms with van der Waals surface area (Å²) < 4.78 is 0. The van der Waals surface area contributed by atoms with E-state index in [-0.39, 0.29) is 17.7 Å². The maximum atomic E-state index is 12.8. The lowest BCUT2D eigenvalue weighted by Crippen LogP contribution is -2.43. The number of amides is 2. The monoisotopic (exact) mass is 326 g/mol. The molecule has 4 heterocycles. The van der Waals surface area contributed by atoms with E-state index < -0.39 is 0 Å². The molecule has 2 atom stereocenters. The minimum absolute atomic E-state index is 0.0728. The molecule has 6 nitrogen and oxygen atoms in total. The lowest BCUT2D eigenvalue weighted by molar-refractivity contribution is -0.137. The minimum atomic E-state index is -0.175. The molecule has 2 aliphatic heterocycles. The van der Waals surface area contributed by atoms with Crippen LogP contribution in [0.3, 0.4) is 0 Å². The van der Waals surface area contributed by atoms with Crippen molar-refractivity contribution in [3.8, 4) is 0 Å². The third-order valence-corrected chi connectivity index (χ3v) is 5.28. The van der Waals surface area contributed by atoms with Gasteiger partial charge in [-0.05, 0) is 31.0 Å². The molecule has 4 rings (SSSR count). The molecule has 0 bridgehead atoms. The van der Waals surface area contributed by atoms with Crippen LogP contribution in [0.25, 0.3) is 11.0 Å². The third kappa shape index (κ3) is 2.66. The molecule has 2 aliphatic rings. The van der Waals surface area contributed by atoms with Gasteiger partial charge in [-0.2, -0.15) is 0 Å². The van der Waals surface area contributed by atoms with Crippen molar-refractivity contribution in [1.29, 1.82) is 0 Å². The molecule has 2 aromatic rings. The van der Waals surface area contributed by atoms with Gasteiger partial charge in [-0.3, -0.25) is 9.59 Å². The van der Waals surface area contributed by atoms with Crippen molar-refractivity contribution in [2.24, 2.45) is 5.92 Å². The summed E-state index contributed by atoms with van der Waals surface area (Å²) in [6.07, 6.45) is 4.20. The first-order valence-electron chi connectivity index (χ1n) is 8.58. The van der Waals surface area contributed by atoms with Crippen LogP contribution < -0.4 is 0 Å². The Balaban J connectivity index is 1.49. The number of aromatic amines is 1. The highest BCUT2D eigenvalue weighted by Crippen LogP contribution is 2.30. The zero-order chi connectivity index (χ0) is 16.7. The number of pyridine rings is 1. The standard InChI is InChI=1S/C18H22N4O2/c1-21-10-14(9-16(21)23)18(24)22-7-3-5-13(11-22)15-8-12-4-2-6-19-17(12)20-15/h2,4,6,8,13-14H,3,5,7,9-11H2,1H3,(H,19,20). The Hall–Kier alpha value is -2.37. The second kappa shape index (κ2) is 5.92. The molecule has 2 fully saturated rings. The van der Waals surface area contributed by atoms with Crippen LogP contribution in [0.1, 0.15) is 30.9 Å². The van der Waals surface area contributed by atoms with Gasteiger partial charge >= 0.3 is 0 Å². The largest absolute Gasteiger partial charge is 0.345 e. The van der Waals surface area contributed by atoms with Crippen LogP contribution in [0.4, 0.5) is 0 Å². The molecule has 0 aromatic carbocycles. The first kappa shape index (κ1) is 15.2. The summed E-state index contributed by atoms with van der Waals surface area (Å²) >= 11 is 0. The summed E-state index contributed by atoms with van der Waals surface area (Å²) in [5.41, 5.74) is 2.06. The second-order valence-corrected chi connectivity index (χ2v) is 6.96. The summed E-state index contributed by atoms with van der Waals surface area (Å²) in [4.78, 5) is 35.8. The number of likely N-dealkylation sites (tertiary alicyclic amines) is 2. The van der Waals surface area contributed by atoms with Crippen molar-refractivity contribution < 1.29 is 9.59 Å². The van der Waals surface area contributed by atoms with E-state index >= 15 is 0 Å². The molecule has 2 amide bonds. The molecule has 126 valence electrons. The molecule has 0 spiro atoms. The Bertz CT molecular complexity index is 751. The maximum Gasteiger partial charge on any atom is 0.228 e.